The minimum Gasteiger partial charge on any atom is -0.467 e. The molecule has 0 spiro atoms. The molecule has 0 aliphatic rings. The molecule has 1 atom stereocenters. The van der Waals surface area contributed by atoms with Crippen molar-refractivity contribution >= 4 is 34.2 Å². The molecule has 4 nitrogen and oxygen atoms in total. The summed E-state index contributed by atoms with van der Waals surface area (Å²) in [6, 6.07) is 19.7. The number of carbonyl (C=O) groups excluding carboxylic acids is 2. The number of benzene rings is 3. The van der Waals surface area contributed by atoms with Crippen molar-refractivity contribution in [2.24, 2.45) is 0 Å². The van der Waals surface area contributed by atoms with Gasteiger partial charge in [-0.25, -0.2) is 4.79 Å². The van der Waals surface area contributed by atoms with Crippen LogP contribution in [-0.2, 0) is 16.0 Å². The summed E-state index contributed by atoms with van der Waals surface area (Å²) < 4.78 is 4.85. The normalized spacial score (nSPS) is 11.8. The van der Waals surface area contributed by atoms with Gasteiger partial charge in [-0.2, -0.15) is 0 Å². The molecule has 0 bridgehead atoms. The zero-order chi connectivity index (χ0) is 18.5. The lowest BCUT2D eigenvalue weighted by molar-refractivity contribution is -0.142. The molecular weight excluding hydrogens is 350 g/mol. The summed E-state index contributed by atoms with van der Waals surface area (Å²) in [5.41, 5.74) is 1.37. The summed E-state index contributed by atoms with van der Waals surface area (Å²) in [6.07, 6.45) is 0.344. The van der Waals surface area contributed by atoms with Crippen LogP contribution in [0.4, 0.5) is 0 Å². The predicted octanol–water partition coefficient (Wildman–Crippen LogP) is 4.01. The number of rotatable bonds is 5. The van der Waals surface area contributed by atoms with E-state index in [1.54, 1.807) is 24.3 Å². The largest absolute Gasteiger partial charge is 0.467 e. The maximum atomic E-state index is 12.4. The van der Waals surface area contributed by atoms with Crippen molar-refractivity contribution in [3.8, 4) is 0 Å². The number of amides is 1. The summed E-state index contributed by atoms with van der Waals surface area (Å²) in [7, 11) is 1.31. The summed E-state index contributed by atoms with van der Waals surface area (Å²) in [5.74, 6) is -0.835. The van der Waals surface area contributed by atoms with Gasteiger partial charge < -0.3 is 10.1 Å². The van der Waals surface area contributed by atoms with E-state index < -0.39 is 12.0 Å². The van der Waals surface area contributed by atoms with Crippen molar-refractivity contribution in [3.63, 3.8) is 0 Å². The third-order valence-corrected chi connectivity index (χ3v) is 4.40. The van der Waals surface area contributed by atoms with E-state index in [1.807, 2.05) is 42.5 Å². The maximum absolute atomic E-state index is 12.4. The second kappa shape index (κ2) is 8.02. The van der Waals surface area contributed by atoms with E-state index >= 15 is 0 Å². The summed E-state index contributed by atoms with van der Waals surface area (Å²) in [5, 5.41) is 5.49. The monoisotopic (exact) mass is 367 g/mol. The molecule has 3 aromatic carbocycles. The Morgan fingerprint density at radius 2 is 1.69 bits per heavy atom. The maximum Gasteiger partial charge on any atom is 0.328 e. The smallest absolute Gasteiger partial charge is 0.328 e. The zero-order valence-corrected chi connectivity index (χ0v) is 15.0. The van der Waals surface area contributed by atoms with Crippen LogP contribution in [0.5, 0.6) is 0 Å². The van der Waals surface area contributed by atoms with Gasteiger partial charge in [-0.15, -0.1) is 0 Å². The van der Waals surface area contributed by atoms with Crippen LogP contribution in [0.15, 0.2) is 66.7 Å². The lowest BCUT2D eigenvalue weighted by Gasteiger charge is -2.17. The second-order valence-electron chi connectivity index (χ2n) is 5.94. The Balaban J connectivity index is 1.79. The van der Waals surface area contributed by atoms with Gasteiger partial charge in [0.25, 0.3) is 5.91 Å². The van der Waals surface area contributed by atoms with Crippen LogP contribution in [0.2, 0.25) is 5.02 Å². The highest BCUT2D eigenvalue weighted by molar-refractivity contribution is 6.30. The summed E-state index contributed by atoms with van der Waals surface area (Å²) in [6.45, 7) is 0. The lowest BCUT2D eigenvalue weighted by Crippen LogP contribution is -2.43. The van der Waals surface area contributed by atoms with Gasteiger partial charge in [0.05, 0.1) is 7.11 Å². The van der Waals surface area contributed by atoms with Crippen molar-refractivity contribution < 1.29 is 14.3 Å². The van der Waals surface area contributed by atoms with Crippen molar-refractivity contribution in [3.05, 3.63) is 82.9 Å². The van der Waals surface area contributed by atoms with Crippen LogP contribution >= 0.6 is 11.6 Å². The van der Waals surface area contributed by atoms with Gasteiger partial charge in [-0.05, 0) is 40.6 Å². The minimum absolute atomic E-state index is 0.344. The Labute approximate surface area is 156 Å². The Morgan fingerprint density at radius 1 is 1.00 bits per heavy atom. The van der Waals surface area contributed by atoms with Gasteiger partial charge in [-0.3, -0.25) is 4.79 Å². The highest BCUT2D eigenvalue weighted by Crippen LogP contribution is 2.17. The number of halogens is 1. The third-order valence-electron chi connectivity index (χ3n) is 4.15. The first-order chi connectivity index (χ1) is 12.6. The molecule has 132 valence electrons. The standard InChI is InChI=1S/C21H18ClNO3/c1-26-21(25)19(23-20(24)16-8-10-18(22)11-9-16)13-14-6-7-15-4-2-3-5-17(15)12-14/h2-12,19H,13H2,1H3,(H,23,24)/t19-/m1/s1. The van der Waals surface area contributed by atoms with E-state index in [0.29, 0.717) is 17.0 Å². The third kappa shape index (κ3) is 4.21. The number of methoxy groups -OCH3 is 1. The number of fused-ring (bicyclic) bond motifs is 1. The van der Waals surface area contributed by atoms with Crippen molar-refractivity contribution in [2.45, 2.75) is 12.5 Å². The average Bonchev–Trinajstić information content (AvgIpc) is 2.67. The molecule has 0 saturated heterocycles. The van der Waals surface area contributed by atoms with E-state index in [0.717, 1.165) is 16.3 Å². The van der Waals surface area contributed by atoms with E-state index in [4.69, 9.17) is 16.3 Å². The van der Waals surface area contributed by atoms with E-state index in [-0.39, 0.29) is 5.91 Å². The zero-order valence-electron chi connectivity index (χ0n) is 14.2. The first-order valence-electron chi connectivity index (χ1n) is 8.19. The molecular formula is C21H18ClNO3. The van der Waals surface area contributed by atoms with E-state index in [2.05, 4.69) is 5.32 Å². The van der Waals surface area contributed by atoms with Crippen LogP contribution in [0.3, 0.4) is 0 Å². The number of esters is 1. The number of ether oxygens (including phenoxy) is 1. The van der Waals surface area contributed by atoms with Crippen LogP contribution in [0, 0.1) is 0 Å². The highest BCUT2D eigenvalue weighted by atomic mass is 35.5. The SMILES string of the molecule is COC(=O)[C@@H](Cc1ccc2ccccc2c1)NC(=O)c1ccc(Cl)cc1. The Morgan fingerprint density at radius 3 is 2.38 bits per heavy atom. The first-order valence-corrected chi connectivity index (χ1v) is 8.56. The molecule has 0 fully saturated rings. The molecule has 3 rings (SSSR count). The Hall–Kier alpha value is -2.85. The van der Waals surface area contributed by atoms with Gasteiger partial charge in [0.15, 0.2) is 0 Å². The molecule has 0 heterocycles. The van der Waals surface area contributed by atoms with Gasteiger partial charge in [-0.1, -0.05) is 54.1 Å². The molecule has 0 aliphatic heterocycles. The van der Waals surface area contributed by atoms with Gasteiger partial charge >= 0.3 is 5.97 Å². The average molecular weight is 368 g/mol. The van der Waals surface area contributed by atoms with Crippen LogP contribution in [-0.4, -0.2) is 25.0 Å². The molecule has 26 heavy (non-hydrogen) atoms. The number of hydrogen-bond acceptors (Lipinski definition) is 3. The number of hydrogen-bond donors (Lipinski definition) is 1. The fraction of sp³-hybridized carbons (Fsp3) is 0.143. The topological polar surface area (TPSA) is 55.4 Å². The van der Waals surface area contributed by atoms with Crippen LogP contribution in [0.25, 0.3) is 10.8 Å². The first kappa shape index (κ1) is 18.0. The van der Waals surface area contributed by atoms with Crippen molar-refractivity contribution in [1.82, 2.24) is 5.32 Å². The van der Waals surface area contributed by atoms with Crippen LogP contribution < -0.4 is 5.32 Å². The summed E-state index contributed by atoms with van der Waals surface area (Å²) >= 11 is 5.84. The lowest BCUT2D eigenvalue weighted by atomic mass is 10.0. The van der Waals surface area contributed by atoms with Crippen LogP contribution in [0.1, 0.15) is 15.9 Å². The fourth-order valence-electron chi connectivity index (χ4n) is 2.78. The minimum atomic E-state index is -0.774. The molecule has 0 aliphatic carbocycles. The molecule has 5 heteroatoms. The molecule has 0 saturated carbocycles. The molecule has 1 N–H and O–H groups in total. The fourth-order valence-corrected chi connectivity index (χ4v) is 2.91. The van der Waals surface area contributed by atoms with Gasteiger partial charge in [0, 0.05) is 17.0 Å². The molecule has 1 amide bonds. The second-order valence-corrected chi connectivity index (χ2v) is 6.38. The van der Waals surface area contributed by atoms with Crippen molar-refractivity contribution in [2.75, 3.05) is 7.11 Å². The molecule has 0 aromatic heterocycles. The predicted molar refractivity (Wildman–Crippen MR) is 102 cm³/mol. The Bertz CT molecular complexity index is 937. The molecule has 3 aromatic rings. The summed E-state index contributed by atoms with van der Waals surface area (Å²) in [4.78, 5) is 24.6. The van der Waals surface area contributed by atoms with E-state index in [9.17, 15) is 9.59 Å². The van der Waals surface area contributed by atoms with Gasteiger partial charge in [0.1, 0.15) is 6.04 Å². The van der Waals surface area contributed by atoms with Gasteiger partial charge in [0.2, 0.25) is 0 Å². The number of carbonyl (C=O) groups is 2. The molecule has 0 unspecified atom stereocenters. The number of nitrogens with one attached hydrogen (secondary N) is 1. The van der Waals surface area contributed by atoms with Crippen molar-refractivity contribution in [1.29, 1.82) is 0 Å². The quantitative estimate of drug-likeness (QED) is 0.693. The highest BCUT2D eigenvalue weighted by Gasteiger charge is 2.22. The molecule has 0 radical (unpaired) electrons. The van der Waals surface area contributed by atoms with E-state index in [1.165, 1.54) is 7.11 Å². The Kier molecular flexibility index (Phi) is 5.54.